The molecule has 0 aromatic carbocycles. The average Bonchev–Trinajstić information content (AvgIpc) is 2.75. The van der Waals surface area contributed by atoms with Crippen LogP contribution in [0.15, 0.2) is 29.2 Å². The van der Waals surface area contributed by atoms with Crippen molar-refractivity contribution in [3.05, 3.63) is 36.3 Å². The number of rotatable bonds is 6. The lowest BCUT2D eigenvalue weighted by Gasteiger charge is -2.17. The molecule has 1 aromatic heterocycles. The molecule has 1 amide bonds. The zero-order chi connectivity index (χ0) is 12.8. The molecule has 6 heteroatoms. The minimum atomic E-state index is -1.09. The molecular weight excluding hydrogens is 224 g/mol. The van der Waals surface area contributed by atoms with Gasteiger partial charge in [-0.3, -0.25) is 9.59 Å². The van der Waals surface area contributed by atoms with Crippen molar-refractivity contribution in [2.24, 2.45) is 5.73 Å². The van der Waals surface area contributed by atoms with E-state index in [4.69, 9.17) is 15.3 Å². The smallest absolute Gasteiger partial charge is 0.323 e. The monoisotopic (exact) mass is 238 g/mol. The van der Waals surface area contributed by atoms with Gasteiger partial charge in [0.15, 0.2) is 5.76 Å². The van der Waals surface area contributed by atoms with E-state index in [-0.39, 0.29) is 18.8 Å². The number of aliphatic carboxylic acids is 1. The Hall–Kier alpha value is -2.08. The summed E-state index contributed by atoms with van der Waals surface area (Å²) >= 11 is 0. The number of hydrogen-bond acceptors (Lipinski definition) is 4. The number of carbonyl (C=O) groups excluding carboxylic acids is 1. The Morgan fingerprint density at radius 1 is 1.53 bits per heavy atom. The standard InChI is InChI=1S/C11H14N2O4/c1-2-5-13(7-10(14)15)11(16)9-4-3-8(6-12)17-9/h2-4H,1,5-7,12H2,(H,14,15). The molecule has 0 aliphatic heterocycles. The number of hydrogen-bond donors (Lipinski definition) is 2. The third-order valence-electron chi connectivity index (χ3n) is 2.04. The first-order valence-corrected chi connectivity index (χ1v) is 4.99. The van der Waals surface area contributed by atoms with E-state index in [0.717, 1.165) is 4.90 Å². The summed E-state index contributed by atoms with van der Waals surface area (Å²) in [6.45, 7) is 3.40. The minimum absolute atomic E-state index is 0.0774. The second kappa shape index (κ2) is 5.86. The minimum Gasteiger partial charge on any atom is -0.480 e. The molecule has 0 saturated heterocycles. The molecule has 0 saturated carbocycles. The van der Waals surface area contributed by atoms with E-state index in [1.54, 1.807) is 6.07 Å². The summed E-state index contributed by atoms with van der Waals surface area (Å²) in [6, 6.07) is 3.06. The van der Waals surface area contributed by atoms with Crippen molar-refractivity contribution in [3.8, 4) is 0 Å². The van der Waals surface area contributed by atoms with Gasteiger partial charge in [0.25, 0.3) is 5.91 Å². The van der Waals surface area contributed by atoms with Crippen LogP contribution in [0.4, 0.5) is 0 Å². The number of carboxylic acid groups (broad SMARTS) is 1. The van der Waals surface area contributed by atoms with Gasteiger partial charge in [0, 0.05) is 6.54 Å². The Bertz CT molecular complexity index is 425. The molecule has 1 aromatic rings. The summed E-state index contributed by atoms with van der Waals surface area (Å²) < 4.78 is 5.16. The van der Waals surface area contributed by atoms with Gasteiger partial charge in [-0.05, 0) is 12.1 Å². The first-order chi connectivity index (χ1) is 8.08. The largest absolute Gasteiger partial charge is 0.480 e. The van der Waals surface area contributed by atoms with Gasteiger partial charge in [0.05, 0.1) is 6.54 Å². The van der Waals surface area contributed by atoms with Gasteiger partial charge in [0.1, 0.15) is 12.3 Å². The van der Waals surface area contributed by atoms with Crippen LogP contribution < -0.4 is 5.73 Å². The predicted molar refractivity (Wildman–Crippen MR) is 60.3 cm³/mol. The first kappa shape index (κ1) is 13.0. The first-order valence-electron chi connectivity index (χ1n) is 4.99. The fourth-order valence-corrected chi connectivity index (χ4v) is 1.30. The van der Waals surface area contributed by atoms with Crippen LogP contribution in [0.1, 0.15) is 16.3 Å². The van der Waals surface area contributed by atoms with Gasteiger partial charge >= 0.3 is 5.97 Å². The molecule has 0 radical (unpaired) electrons. The van der Waals surface area contributed by atoms with Crippen LogP contribution in [-0.4, -0.2) is 35.0 Å². The maximum atomic E-state index is 11.9. The summed E-state index contributed by atoms with van der Waals surface area (Å²) in [5.41, 5.74) is 5.35. The van der Waals surface area contributed by atoms with Gasteiger partial charge < -0.3 is 20.2 Å². The van der Waals surface area contributed by atoms with Crippen molar-refractivity contribution < 1.29 is 19.1 Å². The van der Waals surface area contributed by atoms with Crippen LogP contribution in [0.5, 0.6) is 0 Å². The maximum Gasteiger partial charge on any atom is 0.323 e. The second-order valence-electron chi connectivity index (χ2n) is 3.34. The van der Waals surface area contributed by atoms with Gasteiger partial charge in [-0.15, -0.1) is 6.58 Å². The number of nitrogens with two attached hydrogens (primary N) is 1. The molecule has 17 heavy (non-hydrogen) atoms. The van der Waals surface area contributed by atoms with E-state index >= 15 is 0 Å². The summed E-state index contributed by atoms with van der Waals surface area (Å²) in [6.07, 6.45) is 1.45. The fraction of sp³-hybridized carbons (Fsp3) is 0.273. The van der Waals surface area contributed by atoms with Crippen LogP contribution in [0.25, 0.3) is 0 Å². The molecular formula is C11H14N2O4. The highest BCUT2D eigenvalue weighted by Crippen LogP contribution is 2.10. The highest BCUT2D eigenvalue weighted by Gasteiger charge is 2.20. The second-order valence-corrected chi connectivity index (χ2v) is 3.34. The number of furan rings is 1. The summed E-state index contributed by atoms with van der Waals surface area (Å²) in [7, 11) is 0. The molecule has 0 aliphatic rings. The molecule has 0 unspecified atom stereocenters. The number of nitrogens with zero attached hydrogens (tertiary/aromatic N) is 1. The fourth-order valence-electron chi connectivity index (χ4n) is 1.30. The van der Waals surface area contributed by atoms with Gasteiger partial charge in [-0.1, -0.05) is 6.08 Å². The van der Waals surface area contributed by atoms with Crippen LogP contribution in [0.3, 0.4) is 0 Å². The molecule has 1 rings (SSSR count). The van der Waals surface area contributed by atoms with Crippen LogP contribution in [0.2, 0.25) is 0 Å². The van der Waals surface area contributed by atoms with Crippen molar-refractivity contribution in [2.75, 3.05) is 13.1 Å². The zero-order valence-electron chi connectivity index (χ0n) is 9.26. The molecule has 0 fully saturated rings. The van der Waals surface area contributed by atoms with Crippen molar-refractivity contribution in [1.82, 2.24) is 4.90 Å². The van der Waals surface area contributed by atoms with E-state index in [1.165, 1.54) is 12.1 Å². The molecule has 92 valence electrons. The van der Waals surface area contributed by atoms with E-state index in [0.29, 0.717) is 5.76 Å². The molecule has 0 aliphatic carbocycles. The van der Waals surface area contributed by atoms with E-state index in [9.17, 15) is 9.59 Å². The molecule has 0 spiro atoms. The molecule has 3 N–H and O–H groups in total. The topological polar surface area (TPSA) is 96.8 Å². The van der Waals surface area contributed by atoms with Crippen molar-refractivity contribution >= 4 is 11.9 Å². The van der Waals surface area contributed by atoms with E-state index in [2.05, 4.69) is 6.58 Å². The third kappa shape index (κ3) is 3.46. The maximum absolute atomic E-state index is 11.9. The Balaban J connectivity index is 2.82. The Kier molecular flexibility index (Phi) is 4.47. The Labute approximate surface area is 98.3 Å². The lowest BCUT2D eigenvalue weighted by Crippen LogP contribution is -2.35. The van der Waals surface area contributed by atoms with Crippen LogP contribution in [-0.2, 0) is 11.3 Å². The number of amides is 1. The summed E-state index contributed by atoms with van der Waals surface area (Å²) in [4.78, 5) is 23.6. The highest BCUT2D eigenvalue weighted by molar-refractivity contribution is 5.93. The predicted octanol–water partition coefficient (Wildman–Crippen LogP) is 0.451. The van der Waals surface area contributed by atoms with Crippen LogP contribution >= 0.6 is 0 Å². The van der Waals surface area contributed by atoms with Crippen molar-refractivity contribution in [1.29, 1.82) is 0 Å². The van der Waals surface area contributed by atoms with Gasteiger partial charge in [0.2, 0.25) is 0 Å². The van der Waals surface area contributed by atoms with Crippen molar-refractivity contribution in [2.45, 2.75) is 6.54 Å². The van der Waals surface area contributed by atoms with E-state index in [1.807, 2.05) is 0 Å². The SMILES string of the molecule is C=CCN(CC(=O)O)C(=O)c1ccc(CN)o1. The van der Waals surface area contributed by atoms with Crippen LogP contribution in [0, 0.1) is 0 Å². The van der Waals surface area contributed by atoms with E-state index < -0.39 is 18.4 Å². The Morgan fingerprint density at radius 3 is 2.71 bits per heavy atom. The highest BCUT2D eigenvalue weighted by atomic mass is 16.4. The summed E-state index contributed by atoms with van der Waals surface area (Å²) in [5.74, 6) is -1.03. The molecule has 0 bridgehead atoms. The van der Waals surface area contributed by atoms with Crippen molar-refractivity contribution in [3.63, 3.8) is 0 Å². The third-order valence-corrected chi connectivity index (χ3v) is 2.04. The normalized spacial score (nSPS) is 9.94. The molecule has 0 atom stereocenters. The molecule has 6 nitrogen and oxygen atoms in total. The number of carbonyl (C=O) groups is 2. The molecule has 1 heterocycles. The lowest BCUT2D eigenvalue weighted by molar-refractivity contribution is -0.137. The zero-order valence-corrected chi connectivity index (χ0v) is 9.26. The van der Waals surface area contributed by atoms with Gasteiger partial charge in [-0.25, -0.2) is 0 Å². The summed E-state index contributed by atoms with van der Waals surface area (Å²) in [5, 5.41) is 8.68. The lowest BCUT2D eigenvalue weighted by atomic mass is 10.3. The quantitative estimate of drug-likeness (QED) is 0.701. The number of carboxylic acids is 1. The average molecular weight is 238 g/mol. The van der Waals surface area contributed by atoms with Gasteiger partial charge in [-0.2, -0.15) is 0 Å². The Morgan fingerprint density at radius 2 is 2.24 bits per heavy atom.